The van der Waals surface area contributed by atoms with Crippen LogP contribution in [0.5, 0.6) is 0 Å². The molecule has 1 atom stereocenters. The van der Waals surface area contributed by atoms with E-state index in [9.17, 15) is 4.79 Å². The monoisotopic (exact) mass is 370 g/mol. The summed E-state index contributed by atoms with van der Waals surface area (Å²) in [6.45, 7) is 0. The van der Waals surface area contributed by atoms with Gasteiger partial charge in [0.1, 0.15) is 4.33 Å². The van der Waals surface area contributed by atoms with E-state index in [1.54, 1.807) is 0 Å². The van der Waals surface area contributed by atoms with E-state index in [1.165, 1.54) is 0 Å². The predicted molar refractivity (Wildman–Crippen MR) is 105 cm³/mol. The van der Waals surface area contributed by atoms with Crippen LogP contribution in [-0.4, -0.2) is 10.4 Å². The van der Waals surface area contributed by atoms with E-state index in [-0.39, 0.29) is 11.9 Å². The van der Waals surface area contributed by atoms with E-state index >= 15 is 0 Å². The topological polar surface area (TPSA) is 41.1 Å². The minimum atomic E-state index is -0.732. The van der Waals surface area contributed by atoms with Gasteiger partial charge < -0.3 is 10.6 Å². The number of hydrogen-bond donors (Lipinski definition) is 2. The van der Waals surface area contributed by atoms with Crippen LogP contribution in [0, 0.1) is 0 Å². The molecular formula is C20H16Cl2N2O. The van der Waals surface area contributed by atoms with Gasteiger partial charge in [0, 0.05) is 17.0 Å². The van der Waals surface area contributed by atoms with E-state index in [4.69, 9.17) is 23.2 Å². The average Bonchev–Trinajstić information content (AvgIpc) is 3.24. The highest BCUT2D eigenvalue weighted by Gasteiger charge is 2.53. The summed E-state index contributed by atoms with van der Waals surface area (Å²) in [4.78, 5) is 12.5. The zero-order valence-corrected chi connectivity index (χ0v) is 14.8. The Labute approximate surface area is 155 Å². The first-order chi connectivity index (χ1) is 12.0. The van der Waals surface area contributed by atoms with Crippen LogP contribution in [-0.2, 0) is 0 Å². The molecule has 126 valence electrons. The summed E-state index contributed by atoms with van der Waals surface area (Å²) in [5, 5.41) is 7.91. The maximum atomic E-state index is 12.5. The molecule has 0 unspecified atom stereocenters. The van der Waals surface area contributed by atoms with Gasteiger partial charge in [-0.15, -0.1) is 23.2 Å². The summed E-state index contributed by atoms with van der Waals surface area (Å²) in [5.74, 6) is 0.0462. The second-order valence-electron chi connectivity index (χ2n) is 6.21. The lowest BCUT2D eigenvalue weighted by atomic mass is 10.1. The summed E-state index contributed by atoms with van der Waals surface area (Å²) in [7, 11) is 0. The molecule has 0 heterocycles. The largest absolute Gasteiger partial charge is 0.323 e. The van der Waals surface area contributed by atoms with Crippen molar-refractivity contribution >= 4 is 51.4 Å². The number of halogens is 2. The molecule has 1 fully saturated rings. The number of urea groups is 1. The number of alkyl halides is 2. The van der Waals surface area contributed by atoms with E-state index in [0.29, 0.717) is 6.42 Å². The molecule has 0 saturated heterocycles. The van der Waals surface area contributed by atoms with Crippen molar-refractivity contribution in [1.82, 2.24) is 0 Å². The molecule has 3 aromatic carbocycles. The molecule has 3 nitrogen and oxygen atoms in total. The van der Waals surface area contributed by atoms with E-state index in [2.05, 4.69) is 10.6 Å². The van der Waals surface area contributed by atoms with E-state index < -0.39 is 4.33 Å². The quantitative estimate of drug-likeness (QED) is 0.533. The number of nitrogens with one attached hydrogen (secondary N) is 2. The van der Waals surface area contributed by atoms with Gasteiger partial charge >= 0.3 is 6.03 Å². The van der Waals surface area contributed by atoms with Crippen LogP contribution >= 0.6 is 23.2 Å². The fourth-order valence-corrected chi connectivity index (χ4v) is 3.62. The average molecular weight is 371 g/mol. The van der Waals surface area contributed by atoms with Gasteiger partial charge in [-0.25, -0.2) is 4.79 Å². The van der Waals surface area contributed by atoms with Crippen molar-refractivity contribution in [2.45, 2.75) is 16.7 Å². The fraction of sp³-hybridized carbons (Fsp3) is 0.150. The summed E-state index contributed by atoms with van der Waals surface area (Å²) < 4.78 is -0.732. The number of benzene rings is 3. The highest BCUT2D eigenvalue weighted by Crippen LogP contribution is 2.60. The highest BCUT2D eigenvalue weighted by molar-refractivity contribution is 6.51. The molecular weight excluding hydrogens is 355 g/mol. The molecule has 1 aliphatic carbocycles. The van der Waals surface area contributed by atoms with Crippen molar-refractivity contribution in [3.63, 3.8) is 0 Å². The number of amides is 2. The third-order valence-electron chi connectivity index (χ3n) is 4.45. The smallest absolute Gasteiger partial charge is 0.307 e. The number of para-hydroxylation sites is 1. The zero-order valence-electron chi connectivity index (χ0n) is 13.3. The lowest BCUT2D eigenvalue weighted by molar-refractivity contribution is 0.262. The molecule has 0 bridgehead atoms. The van der Waals surface area contributed by atoms with Gasteiger partial charge in [-0.2, -0.15) is 0 Å². The number of rotatable bonds is 3. The molecule has 2 amide bonds. The van der Waals surface area contributed by atoms with Crippen LogP contribution in [0.15, 0.2) is 66.7 Å². The Morgan fingerprint density at radius 3 is 2.28 bits per heavy atom. The molecule has 0 aromatic heterocycles. The third-order valence-corrected chi connectivity index (χ3v) is 5.28. The standard InChI is InChI=1S/C20H16Cl2N2O/c21-20(22)12-16(20)15-9-3-4-10-18(15)24-19(25)23-17-11-5-7-13-6-1-2-8-14(13)17/h1-11,16H,12H2,(H2,23,24,25)/t16-/m1/s1. The lowest BCUT2D eigenvalue weighted by Crippen LogP contribution is -2.20. The molecule has 4 rings (SSSR count). The summed E-state index contributed by atoms with van der Waals surface area (Å²) >= 11 is 12.4. The number of fused-ring (bicyclic) bond motifs is 1. The maximum Gasteiger partial charge on any atom is 0.323 e. The van der Waals surface area contributed by atoms with Crippen molar-refractivity contribution in [2.24, 2.45) is 0 Å². The van der Waals surface area contributed by atoms with Gasteiger partial charge in [-0.05, 0) is 29.5 Å². The fourth-order valence-electron chi connectivity index (χ4n) is 3.08. The summed E-state index contributed by atoms with van der Waals surface area (Å²) in [6, 6.07) is 21.1. The SMILES string of the molecule is O=C(Nc1ccccc1[C@H]1CC1(Cl)Cl)Nc1cccc2ccccc12. The second kappa shape index (κ2) is 6.25. The Balaban J connectivity index is 1.55. The number of anilines is 2. The van der Waals surface area contributed by atoms with Gasteiger partial charge in [-0.3, -0.25) is 0 Å². The highest BCUT2D eigenvalue weighted by atomic mass is 35.5. The molecule has 0 aliphatic heterocycles. The van der Waals surface area contributed by atoms with E-state index in [1.807, 2.05) is 66.7 Å². The Morgan fingerprint density at radius 1 is 0.880 bits per heavy atom. The first kappa shape index (κ1) is 16.2. The molecule has 3 aromatic rings. The van der Waals surface area contributed by atoms with Gasteiger partial charge in [0.05, 0.1) is 5.69 Å². The van der Waals surface area contributed by atoms with Crippen LogP contribution < -0.4 is 10.6 Å². The Kier molecular flexibility index (Phi) is 4.06. The Morgan fingerprint density at radius 2 is 1.48 bits per heavy atom. The molecule has 0 radical (unpaired) electrons. The van der Waals surface area contributed by atoms with Crippen molar-refractivity contribution in [3.05, 3.63) is 72.3 Å². The lowest BCUT2D eigenvalue weighted by Gasteiger charge is -2.13. The number of carbonyl (C=O) groups is 1. The van der Waals surface area contributed by atoms with Crippen LogP contribution in [0.1, 0.15) is 17.9 Å². The van der Waals surface area contributed by atoms with Crippen molar-refractivity contribution in [2.75, 3.05) is 10.6 Å². The summed E-state index contributed by atoms with van der Waals surface area (Å²) in [5.41, 5.74) is 2.46. The first-order valence-electron chi connectivity index (χ1n) is 8.07. The van der Waals surface area contributed by atoms with Gasteiger partial charge in [-0.1, -0.05) is 54.6 Å². The molecule has 25 heavy (non-hydrogen) atoms. The maximum absolute atomic E-state index is 12.5. The molecule has 0 spiro atoms. The van der Waals surface area contributed by atoms with Crippen molar-refractivity contribution < 1.29 is 4.79 Å². The number of hydrogen-bond acceptors (Lipinski definition) is 1. The number of carbonyl (C=O) groups excluding carboxylic acids is 1. The van der Waals surface area contributed by atoms with Crippen molar-refractivity contribution in [1.29, 1.82) is 0 Å². The van der Waals surface area contributed by atoms with Gasteiger partial charge in [0.15, 0.2) is 0 Å². The van der Waals surface area contributed by atoms with Gasteiger partial charge in [0.2, 0.25) is 0 Å². The minimum Gasteiger partial charge on any atom is -0.307 e. The Hall–Kier alpha value is -2.23. The van der Waals surface area contributed by atoms with Crippen LogP contribution in [0.2, 0.25) is 0 Å². The normalized spacial score (nSPS) is 17.9. The first-order valence-corrected chi connectivity index (χ1v) is 8.83. The predicted octanol–water partition coefficient (Wildman–Crippen LogP) is 6.15. The third kappa shape index (κ3) is 3.30. The zero-order chi connectivity index (χ0) is 17.4. The van der Waals surface area contributed by atoms with Crippen LogP contribution in [0.25, 0.3) is 10.8 Å². The van der Waals surface area contributed by atoms with E-state index in [0.717, 1.165) is 27.7 Å². The molecule has 1 aliphatic rings. The minimum absolute atomic E-state index is 0.0462. The molecule has 2 N–H and O–H groups in total. The second-order valence-corrected chi connectivity index (χ2v) is 7.75. The van der Waals surface area contributed by atoms with Crippen LogP contribution in [0.3, 0.4) is 0 Å². The Bertz CT molecular complexity index is 950. The summed E-state index contributed by atoms with van der Waals surface area (Å²) in [6.07, 6.45) is 0.694. The van der Waals surface area contributed by atoms with Crippen LogP contribution in [0.4, 0.5) is 16.2 Å². The molecule has 5 heteroatoms. The van der Waals surface area contributed by atoms with Gasteiger partial charge in [0.25, 0.3) is 0 Å². The molecule has 1 saturated carbocycles. The van der Waals surface area contributed by atoms with Crippen molar-refractivity contribution in [3.8, 4) is 0 Å².